The number of aryl methyl sites for hydroxylation is 1. The van der Waals surface area contributed by atoms with Gasteiger partial charge in [0.1, 0.15) is 0 Å². The molecule has 1 atom stereocenters. The van der Waals surface area contributed by atoms with Gasteiger partial charge in [-0.05, 0) is 65.8 Å². The van der Waals surface area contributed by atoms with E-state index in [1.165, 1.54) is 12.1 Å². The van der Waals surface area contributed by atoms with E-state index in [4.69, 9.17) is 23.2 Å². The Balaban J connectivity index is 1.94. The molecular weight excluding hydrogens is 448 g/mol. The first kappa shape index (κ1) is 23.1. The minimum absolute atomic E-state index is 0.0383. The predicted molar refractivity (Wildman–Crippen MR) is 115 cm³/mol. The Hall–Kier alpha value is -2.55. The summed E-state index contributed by atoms with van der Waals surface area (Å²) in [4.78, 5) is 24.1. The summed E-state index contributed by atoms with van der Waals surface area (Å²) in [7, 11) is 0. The zero-order valence-corrected chi connectivity index (χ0v) is 18.0. The zero-order chi connectivity index (χ0) is 22.8. The molecule has 1 aliphatic rings. The van der Waals surface area contributed by atoms with Gasteiger partial charge in [0.15, 0.2) is 5.78 Å². The van der Waals surface area contributed by atoms with E-state index in [0.29, 0.717) is 25.3 Å². The maximum absolute atomic E-state index is 13.6. The van der Waals surface area contributed by atoms with Gasteiger partial charge in [-0.1, -0.05) is 48.2 Å². The Morgan fingerprint density at radius 3 is 2.39 bits per heavy atom. The number of halogens is 5. The normalized spacial score (nSPS) is 15.8. The number of hydrogen-bond acceptors (Lipinski definition) is 2. The number of allylic oxidation sites excluding steroid dienone is 2. The Labute approximate surface area is 188 Å². The van der Waals surface area contributed by atoms with Gasteiger partial charge in [-0.25, -0.2) is 0 Å². The van der Waals surface area contributed by atoms with Crippen molar-refractivity contribution in [2.75, 3.05) is 0 Å². The average molecular weight is 465 g/mol. The van der Waals surface area contributed by atoms with Crippen LogP contribution in [-0.4, -0.2) is 17.7 Å². The topological polar surface area (TPSA) is 34.1 Å². The van der Waals surface area contributed by atoms with E-state index < -0.39 is 17.5 Å². The summed E-state index contributed by atoms with van der Waals surface area (Å²) in [6.45, 7) is 1.73. The first-order chi connectivity index (χ1) is 14.6. The summed E-state index contributed by atoms with van der Waals surface area (Å²) in [6, 6.07) is 8.32. The molecule has 2 aromatic rings. The molecule has 31 heavy (non-hydrogen) atoms. The second-order valence-corrected chi connectivity index (χ2v) is 8.00. The van der Waals surface area contributed by atoms with Crippen LogP contribution in [0.3, 0.4) is 0 Å². The lowest BCUT2D eigenvalue weighted by molar-refractivity contribution is -0.113. The van der Waals surface area contributed by atoms with Crippen LogP contribution in [0, 0.1) is 11.8 Å². The fourth-order valence-corrected chi connectivity index (χ4v) is 3.96. The number of carbonyl (C=O) groups excluding carboxylic acids is 2. The van der Waals surface area contributed by atoms with Gasteiger partial charge in [-0.15, -0.1) is 0 Å². The Kier molecular flexibility index (Phi) is 6.93. The minimum Gasteiger partial charge on any atom is -0.289 e. The van der Waals surface area contributed by atoms with Crippen molar-refractivity contribution in [3.63, 3.8) is 0 Å². The van der Waals surface area contributed by atoms with Gasteiger partial charge in [-0.2, -0.15) is 13.2 Å². The van der Waals surface area contributed by atoms with Gasteiger partial charge in [0.05, 0.1) is 5.57 Å². The molecule has 0 aliphatic heterocycles. The van der Waals surface area contributed by atoms with Gasteiger partial charge >= 0.3 is 6.18 Å². The van der Waals surface area contributed by atoms with Gasteiger partial charge < -0.3 is 0 Å². The third-order valence-corrected chi connectivity index (χ3v) is 5.40. The maximum atomic E-state index is 13.6. The quantitative estimate of drug-likeness (QED) is 0.215. The molecule has 1 aliphatic carbocycles. The average Bonchev–Trinajstić information content (AvgIpc) is 3.10. The number of alkyl halides is 3. The molecule has 0 bridgehead atoms. The van der Waals surface area contributed by atoms with Crippen LogP contribution >= 0.6 is 23.2 Å². The molecule has 160 valence electrons. The molecule has 0 fully saturated rings. The van der Waals surface area contributed by atoms with Gasteiger partial charge in [0.2, 0.25) is 5.78 Å². The molecule has 0 saturated carbocycles. The lowest BCUT2D eigenvalue weighted by Crippen LogP contribution is -2.13. The highest BCUT2D eigenvalue weighted by atomic mass is 35.5. The number of benzene rings is 2. The van der Waals surface area contributed by atoms with Crippen molar-refractivity contribution in [3.8, 4) is 11.8 Å². The summed E-state index contributed by atoms with van der Waals surface area (Å²) in [6.07, 6.45) is -2.54. The predicted octanol–water partition coefficient (Wildman–Crippen LogP) is 6.83. The van der Waals surface area contributed by atoms with Crippen LogP contribution in [0.5, 0.6) is 0 Å². The molecule has 1 unspecified atom stereocenters. The van der Waals surface area contributed by atoms with Crippen molar-refractivity contribution < 1.29 is 22.8 Å². The maximum Gasteiger partial charge on any atom is 0.417 e. The Bertz CT molecular complexity index is 1120. The van der Waals surface area contributed by atoms with E-state index >= 15 is 0 Å². The standard InChI is InChI=1S/C24H17Cl2F3O2/c1-2-20(30)7-5-14-3-4-15-9-16(6-8-21(14)15)23(31)13-22(24(27,28)29)17-10-18(25)12-19(26)11-17/h6,8-14H,2-4H2,1H3/b22-13-. The Morgan fingerprint density at radius 1 is 1.10 bits per heavy atom. The number of carbonyl (C=O) groups is 2. The van der Waals surface area contributed by atoms with Crippen LogP contribution in [0.1, 0.15) is 52.7 Å². The van der Waals surface area contributed by atoms with E-state index in [9.17, 15) is 22.8 Å². The summed E-state index contributed by atoms with van der Waals surface area (Å²) >= 11 is 11.7. The van der Waals surface area contributed by atoms with Crippen molar-refractivity contribution in [1.29, 1.82) is 0 Å². The molecule has 2 nitrogen and oxygen atoms in total. The summed E-state index contributed by atoms with van der Waals surface area (Å²) in [5.41, 5.74) is 0.489. The number of rotatable bonds is 4. The first-order valence-electron chi connectivity index (χ1n) is 9.55. The van der Waals surface area contributed by atoms with Gasteiger partial charge in [0.25, 0.3) is 0 Å². The van der Waals surface area contributed by atoms with Crippen molar-refractivity contribution in [2.45, 2.75) is 38.3 Å². The molecular formula is C24H17Cl2F3O2. The van der Waals surface area contributed by atoms with Crippen LogP contribution in [0.15, 0.2) is 42.5 Å². The zero-order valence-electron chi connectivity index (χ0n) is 16.4. The number of hydrogen-bond donors (Lipinski definition) is 0. The number of ketones is 2. The van der Waals surface area contributed by atoms with Crippen LogP contribution in [0.4, 0.5) is 13.2 Å². The second-order valence-electron chi connectivity index (χ2n) is 7.13. The van der Waals surface area contributed by atoms with Crippen molar-refractivity contribution >= 4 is 40.3 Å². The van der Waals surface area contributed by atoms with E-state index in [0.717, 1.165) is 23.3 Å². The lowest BCUT2D eigenvalue weighted by atomic mass is 9.97. The first-order valence-corrected chi connectivity index (χ1v) is 10.3. The van der Waals surface area contributed by atoms with E-state index in [2.05, 4.69) is 11.8 Å². The molecule has 0 radical (unpaired) electrons. The van der Waals surface area contributed by atoms with E-state index in [1.54, 1.807) is 19.1 Å². The van der Waals surface area contributed by atoms with Crippen molar-refractivity contribution in [3.05, 3.63) is 74.8 Å². The highest BCUT2D eigenvalue weighted by molar-refractivity contribution is 6.35. The van der Waals surface area contributed by atoms with Crippen LogP contribution in [-0.2, 0) is 11.2 Å². The number of Topliss-reactive ketones (excluding diaryl/α,β-unsaturated/α-hetero) is 1. The SMILES string of the molecule is CCC(=O)C#CC1CCc2cc(C(=O)/C=C(/c3cc(Cl)cc(Cl)c3)C(F)(F)F)ccc21. The molecule has 0 N–H and O–H groups in total. The number of fused-ring (bicyclic) bond motifs is 1. The van der Waals surface area contributed by atoms with E-state index in [1.807, 2.05) is 0 Å². The third-order valence-electron chi connectivity index (χ3n) is 4.97. The Morgan fingerprint density at radius 2 is 1.77 bits per heavy atom. The highest BCUT2D eigenvalue weighted by Gasteiger charge is 2.36. The summed E-state index contributed by atoms with van der Waals surface area (Å²) in [5, 5.41) is 0.0765. The van der Waals surface area contributed by atoms with Gasteiger partial charge in [-0.3, -0.25) is 9.59 Å². The monoisotopic (exact) mass is 464 g/mol. The van der Waals surface area contributed by atoms with Crippen molar-refractivity contribution in [1.82, 2.24) is 0 Å². The highest BCUT2D eigenvalue weighted by Crippen LogP contribution is 2.37. The third kappa shape index (κ3) is 5.58. The van der Waals surface area contributed by atoms with Crippen LogP contribution < -0.4 is 0 Å². The van der Waals surface area contributed by atoms with E-state index in [-0.39, 0.29) is 32.9 Å². The molecule has 0 spiro atoms. The minimum atomic E-state index is -4.77. The largest absolute Gasteiger partial charge is 0.417 e. The summed E-state index contributed by atoms with van der Waals surface area (Å²) in [5.74, 6) is 4.52. The molecule has 0 aromatic heterocycles. The van der Waals surface area contributed by atoms with Crippen LogP contribution in [0.2, 0.25) is 10.0 Å². The molecule has 2 aromatic carbocycles. The van der Waals surface area contributed by atoms with Gasteiger partial charge in [0, 0.05) is 27.9 Å². The second kappa shape index (κ2) is 9.30. The molecule has 3 rings (SSSR count). The van der Waals surface area contributed by atoms with Crippen molar-refractivity contribution in [2.24, 2.45) is 0 Å². The fraction of sp³-hybridized carbons (Fsp3) is 0.250. The molecule has 0 saturated heterocycles. The van der Waals surface area contributed by atoms with Crippen LogP contribution in [0.25, 0.3) is 5.57 Å². The molecule has 7 heteroatoms. The molecule has 0 heterocycles. The summed E-state index contributed by atoms with van der Waals surface area (Å²) < 4.78 is 40.9. The lowest BCUT2D eigenvalue weighted by Gasteiger charge is -2.13. The smallest absolute Gasteiger partial charge is 0.289 e. The molecule has 0 amide bonds. The fourth-order valence-electron chi connectivity index (χ4n) is 3.43.